The van der Waals surface area contributed by atoms with E-state index in [-0.39, 0.29) is 17.1 Å². The van der Waals surface area contributed by atoms with Gasteiger partial charge in [-0.3, -0.25) is 14.5 Å². The number of ketones is 1. The molecule has 1 unspecified atom stereocenters. The van der Waals surface area contributed by atoms with Gasteiger partial charge in [-0.15, -0.1) is 0 Å². The van der Waals surface area contributed by atoms with Crippen LogP contribution in [0, 0.1) is 6.92 Å². The summed E-state index contributed by atoms with van der Waals surface area (Å²) in [5.74, 6) is -2.06. The zero-order chi connectivity index (χ0) is 23.3. The van der Waals surface area contributed by atoms with Crippen molar-refractivity contribution in [3.05, 3.63) is 106 Å². The molecule has 1 aromatic heterocycles. The molecule has 4 aromatic rings. The topological polar surface area (TPSA) is 91.0 Å². The summed E-state index contributed by atoms with van der Waals surface area (Å²) in [7, 11) is 0. The molecule has 7 heteroatoms. The Kier molecular flexibility index (Phi) is 4.95. The molecule has 3 aromatic carbocycles. The van der Waals surface area contributed by atoms with Gasteiger partial charge in [0.1, 0.15) is 11.3 Å². The van der Waals surface area contributed by atoms with E-state index in [4.69, 9.17) is 16.0 Å². The number of aliphatic hydroxyl groups excluding tert-OH is 1. The molecule has 1 aliphatic heterocycles. The minimum absolute atomic E-state index is 0.0274. The molecular weight excluding hydrogens is 442 g/mol. The highest BCUT2D eigenvalue weighted by molar-refractivity contribution is 6.31. The summed E-state index contributed by atoms with van der Waals surface area (Å²) in [5, 5.41) is 22.0. The van der Waals surface area contributed by atoms with Gasteiger partial charge < -0.3 is 14.6 Å². The predicted molar refractivity (Wildman–Crippen MR) is 125 cm³/mol. The number of phenolic OH excluding ortho intramolecular Hbond substituents is 1. The highest BCUT2D eigenvalue weighted by atomic mass is 35.5. The lowest BCUT2D eigenvalue weighted by Crippen LogP contribution is -2.31. The van der Waals surface area contributed by atoms with Crippen molar-refractivity contribution in [3.8, 4) is 5.75 Å². The average Bonchev–Trinajstić information content (AvgIpc) is 3.33. The highest BCUT2D eigenvalue weighted by Crippen LogP contribution is 2.43. The second-order valence-corrected chi connectivity index (χ2v) is 8.33. The number of hydrogen-bond donors (Lipinski definition) is 2. The molecule has 0 bridgehead atoms. The number of nitrogens with zero attached hydrogens (tertiary/aromatic N) is 1. The minimum Gasteiger partial charge on any atom is -0.508 e. The van der Waals surface area contributed by atoms with Crippen LogP contribution < -0.4 is 4.90 Å². The van der Waals surface area contributed by atoms with Crippen LogP contribution in [0.15, 0.2) is 88.5 Å². The van der Waals surface area contributed by atoms with Crippen LogP contribution in [0.4, 0.5) is 5.69 Å². The molecule has 0 saturated carbocycles. The molecule has 0 fully saturated rings. The van der Waals surface area contributed by atoms with Crippen LogP contribution in [0.5, 0.6) is 5.75 Å². The number of fused-ring (bicyclic) bond motifs is 1. The first kappa shape index (κ1) is 20.8. The number of carbonyl (C=O) groups excluding carboxylic acids is 2. The van der Waals surface area contributed by atoms with Crippen molar-refractivity contribution >= 4 is 39.9 Å². The van der Waals surface area contributed by atoms with Crippen molar-refractivity contribution in [2.45, 2.75) is 13.0 Å². The molecule has 2 heterocycles. The number of aryl methyl sites for hydroxylation is 1. The van der Waals surface area contributed by atoms with Gasteiger partial charge in [0.2, 0.25) is 5.78 Å². The SMILES string of the molecule is Cc1ccc(N2C(=O)C(O)=C(C(=O)c3cc4cc(Cl)ccc4o3)C2c2cccc(O)c2)cc1. The van der Waals surface area contributed by atoms with E-state index in [1.807, 2.05) is 19.1 Å². The maximum Gasteiger partial charge on any atom is 0.294 e. The van der Waals surface area contributed by atoms with Gasteiger partial charge in [-0.25, -0.2) is 0 Å². The van der Waals surface area contributed by atoms with E-state index >= 15 is 0 Å². The lowest BCUT2D eigenvalue weighted by Gasteiger charge is -2.27. The number of furan rings is 1. The third-order valence-electron chi connectivity index (χ3n) is 5.65. The van der Waals surface area contributed by atoms with Crippen molar-refractivity contribution in [2.24, 2.45) is 0 Å². The molecule has 0 radical (unpaired) electrons. The minimum atomic E-state index is -0.961. The predicted octanol–water partition coefficient (Wildman–Crippen LogP) is 5.88. The van der Waals surface area contributed by atoms with E-state index in [0.717, 1.165) is 5.56 Å². The molecule has 6 nitrogen and oxygen atoms in total. The molecule has 5 rings (SSSR count). The Hall–Kier alpha value is -4.03. The van der Waals surface area contributed by atoms with Crippen LogP contribution in [-0.2, 0) is 4.79 Å². The standard InChI is InChI=1S/C26H18ClNO5/c1-14-5-8-18(9-6-14)28-23(15-3-2-4-19(29)12-15)22(25(31)26(28)32)24(30)21-13-16-11-17(27)7-10-20(16)33-21/h2-13,23,29,31H,1H3. The van der Waals surface area contributed by atoms with Crippen LogP contribution in [0.3, 0.4) is 0 Å². The van der Waals surface area contributed by atoms with Crippen LogP contribution in [0.2, 0.25) is 5.02 Å². The zero-order valence-corrected chi connectivity index (χ0v) is 18.2. The molecule has 0 aliphatic carbocycles. The molecular formula is C26H18ClNO5. The number of benzene rings is 3. The number of Topliss-reactive ketones (excluding diaryl/α,β-unsaturated/α-hetero) is 1. The van der Waals surface area contributed by atoms with Crippen molar-refractivity contribution in [1.29, 1.82) is 0 Å². The molecule has 1 amide bonds. The fourth-order valence-electron chi connectivity index (χ4n) is 4.08. The molecule has 0 saturated heterocycles. The molecule has 1 aliphatic rings. The Bertz CT molecular complexity index is 1450. The zero-order valence-electron chi connectivity index (χ0n) is 17.4. The Morgan fingerprint density at radius 2 is 1.76 bits per heavy atom. The maximum atomic E-state index is 13.6. The number of anilines is 1. The lowest BCUT2D eigenvalue weighted by molar-refractivity contribution is -0.117. The van der Waals surface area contributed by atoms with Gasteiger partial charge in [0, 0.05) is 16.1 Å². The number of aliphatic hydroxyl groups is 1. The average molecular weight is 460 g/mol. The van der Waals surface area contributed by atoms with Crippen LogP contribution in [-0.4, -0.2) is 21.9 Å². The lowest BCUT2D eigenvalue weighted by atomic mass is 9.94. The number of hydrogen-bond acceptors (Lipinski definition) is 5. The fraction of sp³-hybridized carbons (Fsp3) is 0.0769. The smallest absolute Gasteiger partial charge is 0.294 e. The third kappa shape index (κ3) is 3.54. The maximum absolute atomic E-state index is 13.6. The molecule has 1 atom stereocenters. The number of halogens is 1. The third-order valence-corrected chi connectivity index (χ3v) is 5.89. The first-order valence-electron chi connectivity index (χ1n) is 10.2. The first-order chi connectivity index (χ1) is 15.8. The summed E-state index contributed by atoms with van der Waals surface area (Å²) < 4.78 is 5.71. The van der Waals surface area contributed by atoms with E-state index in [0.29, 0.717) is 27.2 Å². The van der Waals surface area contributed by atoms with Crippen molar-refractivity contribution in [2.75, 3.05) is 4.90 Å². The molecule has 164 valence electrons. The van der Waals surface area contributed by atoms with Gasteiger partial charge in [-0.1, -0.05) is 41.4 Å². The number of aromatic hydroxyl groups is 1. The quantitative estimate of drug-likeness (QED) is 0.372. The molecule has 0 spiro atoms. The van der Waals surface area contributed by atoms with E-state index < -0.39 is 23.5 Å². The summed E-state index contributed by atoms with van der Waals surface area (Å²) >= 11 is 6.04. The van der Waals surface area contributed by atoms with Gasteiger partial charge in [-0.2, -0.15) is 0 Å². The van der Waals surface area contributed by atoms with E-state index in [9.17, 15) is 19.8 Å². The monoisotopic (exact) mass is 459 g/mol. The second-order valence-electron chi connectivity index (χ2n) is 7.89. The van der Waals surface area contributed by atoms with Gasteiger partial charge in [0.25, 0.3) is 5.91 Å². The van der Waals surface area contributed by atoms with Gasteiger partial charge in [0.15, 0.2) is 11.5 Å². The van der Waals surface area contributed by atoms with E-state index in [1.165, 1.54) is 23.1 Å². The number of phenols is 1. The second kappa shape index (κ2) is 7.83. The summed E-state index contributed by atoms with van der Waals surface area (Å²) in [6.07, 6.45) is 0. The Balaban J connectivity index is 1.66. The van der Waals surface area contributed by atoms with Crippen molar-refractivity contribution < 1.29 is 24.2 Å². The molecule has 33 heavy (non-hydrogen) atoms. The summed E-state index contributed by atoms with van der Waals surface area (Å²) in [5.41, 5.74) is 2.29. The largest absolute Gasteiger partial charge is 0.508 e. The number of rotatable bonds is 4. The van der Waals surface area contributed by atoms with Crippen LogP contribution in [0.25, 0.3) is 11.0 Å². The van der Waals surface area contributed by atoms with Crippen molar-refractivity contribution in [1.82, 2.24) is 0 Å². The Morgan fingerprint density at radius 3 is 2.48 bits per heavy atom. The van der Waals surface area contributed by atoms with E-state index in [2.05, 4.69) is 0 Å². The Labute approximate surface area is 193 Å². The number of carbonyl (C=O) groups is 2. The normalized spacial score (nSPS) is 16.1. The first-order valence-corrected chi connectivity index (χ1v) is 10.6. The van der Waals surface area contributed by atoms with Crippen molar-refractivity contribution in [3.63, 3.8) is 0 Å². The fourth-order valence-corrected chi connectivity index (χ4v) is 4.26. The number of amides is 1. The van der Waals surface area contributed by atoms with E-state index in [1.54, 1.807) is 42.5 Å². The van der Waals surface area contributed by atoms with Gasteiger partial charge >= 0.3 is 0 Å². The van der Waals surface area contributed by atoms with Gasteiger partial charge in [-0.05, 0) is 61.0 Å². The summed E-state index contributed by atoms with van der Waals surface area (Å²) in [6.45, 7) is 1.92. The van der Waals surface area contributed by atoms with Crippen LogP contribution in [0.1, 0.15) is 27.7 Å². The Morgan fingerprint density at radius 1 is 1.00 bits per heavy atom. The summed E-state index contributed by atoms with van der Waals surface area (Å²) in [6, 6.07) is 18.9. The van der Waals surface area contributed by atoms with Gasteiger partial charge in [0.05, 0.1) is 11.6 Å². The van der Waals surface area contributed by atoms with Crippen LogP contribution >= 0.6 is 11.6 Å². The summed E-state index contributed by atoms with van der Waals surface area (Å²) in [4.78, 5) is 28.1. The molecule has 2 N–H and O–H groups in total. The highest BCUT2D eigenvalue weighted by Gasteiger charge is 2.45.